The van der Waals surface area contributed by atoms with Gasteiger partial charge in [-0.3, -0.25) is 4.79 Å². The summed E-state index contributed by atoms with van der Waals surface area (Å²) in [6.07, 6.45) is 1.44. The van der Waals surface area contributed by atoms with E-state index in [4.69, 9.17) is 32.4 Å². The molecule has 1 amide bonds. The fraction of sp³-hybridized carbons (Fsp3) is 0.150. The molecular formula is C20H18Cl2N2O5S. The van der Waals surface area contributed by atoms with E-state index in [0.717, 1.165) is 5.56 Å². The number of benzene rings is 2. The molecule has 0 atom stereocenters. The van der Waals surface area contributed by atoms with Crippen LogP contribution < -0.4 is 14.8 Å². The molecule has 0 aliphatic rings. The van der Waals surface area contributed by atoms with Gasteiger partial charge in [0.2, 0.25) is 10.0 Å². The van der Waals surface area contributed by atoms with Crippen LogP contribution >= 0.6 is 23.2 Å². The third-order valence-electron chi connectivity index (χ3n) is 4.23. The van der Waals surface area contributed by atoms with Gasteiger partial charge in [0, 0.05) is 16.7 Å². The Labute approximate surface area is 184 Å². The summed E-state index contributed by atoms with van der Waals surface area (Å²) in [5.41, 5.74) is 1.25. The first kappa shape index (κ1) is 22.2. The summed E-state index contributed by atoms with van der Waals surface area (Å²) in [5, 5.41) is 3.18. The summed E-state index contributed by atoms with van der Waals surface area (Å²) in [5.74, 6) is 0.281. The number of methoxy groups -OCH3 is 1. The number of amides is 1. The highest BCUT2D eigenvalue weighted by Crippen LogP contribution is 2.31. The first-order chi connectivity index (χ1) is 14.2. The van der Waals surface area contributed by atoms with Crippen molar-refractivity contribution in [3.8, 4) is 5.75 Å². The van der Waals surface area contributed by atoms with E-state index in [-0.39, 0.29) is 22.0 Å². The van der Waals surface area contributed by atoms with Gasteiger partial charge in [0.05, 0.1) is 30.6 Å². The fourth-order valence-corrected chi connectivity index (χ4v) is 4.30. The molecule has 0 aliphatic heterocycles. The van der Waals surface area contributed by atoms with Gasteiger partial charge in [-0.2, -0.15) is 0 Å². The molecule has 0 bridgehead atoms. The minimum atomic E-state index is -3.99. The zero-order valence-electron chi connectivity index (χ0n) is 16.0. The summed E-state index contributed by atoms with van der Waals surface area (Å²) >= 11 is 12.2. The predicted octanol–water partition coefficient (Wildman–Crippen LogP) is 4.63. The zero-order chi connectivity index (χ0) is 21.9. The summed E-state index contributed by atoms with van der Waals surface area (Å²) in [4.78, 5) is 12.5. The van der Waals surface area contributed by atoms with Gasteiger partial charge in [0.25, 0.3) is 5.91 Å². The number of halogens is 2. The number of aryl methyl sites for hydroxylation is 1. The van der Waals surface area contributed by atoms with Gasteiger partial charge in [-0.25, -0.2) is 13.1 Å². The van der Waals surface area contributed by atoms with Crippen molar-refractivity contribution in [1.29, 1.82) is 0 Å². The largest absolute Gasteiger partial charge is 0.495 e. The minimum absolute atomic E-state index is 0.0154. The highest BCUT2D eigenvalue weighted by atomic mass is 35.5. The van der Waals surface area contributed by atoms with Crippen molar-refractivity contribution in [2.24, 2.45) is 0 Å². The second kappa shape index (κ2) is 9.09. The fourth-order valence-electron chi connectivity index (χ4n) is 2.63. The van der Waals surface area contributed by atoms with Crippen molar-refractivity contribution >= 4 is 44.8 Å². The quantitative estimate of drug-likeness (QED) is 0.526. The lowest BCUT2D eigenvalue weighted by Crippen LogP contribution is -2.24. The molecule has 0 radical (unpaired) electrons. The van der Waals surface area contributed by atoms with Gasteiger partial charge in [-0.05, 0) is 48.9 Å². The van der Waals surface area contributed by atoms with Crippen LogP contribution in [0.2, 0.25) is 10.0 Å². The van der Waals surface area contributed by atoms with Crippen molar-refractivity contribution in [3.05, 3.63) is 75.7 Å². The summed E-state index contributed by atoms with van der Waals surface area (Å²) in [6.45, 7) is 1.73. The van der Waals surface area contributed by atoms with Crippen LogP contribution in [0.1, 0.15) is 21.7 Å². The topological polar surface area (TPSA) is 97.6 Å². The standard InChI is InChI=1S/C20H18Cl2N2O5S/c1-12-8-17(18(28-2)10-16(12)22)24-20(25)13-5-6-15(21)19(9-13)30(26,27)23-11-14-4-3-7-29-14/h3-10,23H,11H2,1-2H3,(H,24,25). The van der Waals surface area contributed by atoms with E-state index < -0.39 is 15.9 Å². The molecule has 10 heteroatoms. The maximum Gasteiger partial charge on any atom is 0.255 e. The number of carbonyl (C=O) groups excluding carboxylic acids is 1. The molecule has 7 nitrogen and oxygen atoms in total. The van der Waals surface area contributed by atoms with Crippen molar-refractivity contribution in [1.82, 2.24) is 4.72 Å². The van der Waals surface area contributed by atoms with Crippen LogP contribution in [0.15, 0.2) is 58.0 Å². The van der Waals surface area contributed by atoms with E-state index >= 15 is 0 Å². The lowest BCUT2D eigenvalue weighted by molar-refractivity contribution is 0.102. The Morgan fingerprint density at radius 3 is 2.57 bits per heavy atom. The molecule has 3 rings (SSSR count). The van der Waals surface area contributed by atoms with Gasteiger partial charge in [0.1, 0.15) is 16.4 Å². The van der Waals surface area contributed by atoms with E-state index in [1.54, 1.807) is 31.2 Å². The number of carbonyl (C=O) groups is 1. The number of furan rings is 1. The van der Waals surface area contributed by atoms with Crippen LogP contribution in [0.25, 0.3) is 0 Å². The normalized spacial score (nSPS) is 11.3. The smallest absolute Gasteiger partial charge is 0.255 e. The Bertz CT molecular complexity index is 1180. The van der Waals surface area contributed by atoms with Crippen LogP contribution in [0.5, 0.6) is 5.75 Å². The Morgan fingerprint density at radius 1 is 1.13 bits per heavy atom. The number of hydrogen-bond donors (Lipinski definition) is 2. The van der Waals surface area contributed by atoms with Gasteiger partial charge in [-0.15, -0.1) is 0 Å². The molecule has 0 spiro atoms. The van der Waals surface area contributed by atoms with Crippen molar-refractivity contribution in [2.75, 3.05) is 12.4 Å². The molecule has 0 saturated carbocycles. The molecular weight excluding hydrogens is 451 g/mol. The zero-order valence-corrected chi connectivity index (χ0v) is 18.4. The Hall–Kier alpha value is -2.52. The number of nitrogens with one attached hydrogen (secondary N) is 2. The number of rotatable bonds is 7. The van der Waals surface area contributed by atoms with Crippen LogP contribution in [-0.2, 0) is 16.6 Å². The van der Waals surface area contributed by atoms with Crippen LogP contribution in [0.3, 0.4) is 0 Å². The lowest BCUT2D eigenvalue weighted by atomic mass is 10.1. The van der Waals surface area contributed by atoms with Crippen LogP contribution in [0.4, 0.5) is 5.69 Å². The summed E-state index contributed by atoms with van der Waals surface area (Å²) in [7, 11) is -2.53. The van der Waals surface area contributed by atoms with E-state index in [9.17, 15) is 13.2 Å². The summed E-state index contributed by atoms with van der Waals surface area (Å²) < 4.78 is 38.1. The van der Waals surface area contributed by atoms with Crippen molar-refractivity contribution in [3.63, 3.8) is 0 Å². The first-order valence-electron chi connectivity index (χ1n) is 8.68. The van der Waals surface area contributed by atoms with E-state index in [1.165, 1.54) is 31.6 Å². The second-order valence-corrected chi connectivity index (χ2v) is 8.85. The van der Waals surface area contributed by atoms with Crippen molar-refractivity contribution < 1.29 is 22.4 Å². The molecule has 2 N–H and O–H groups in total. The molecule has 1 heterocycles. The lowest BCUT2D eigenvalue weighted by Gasteiger charge is -2.13. The van der Waals surface area contributed by atoms with Crippen molar-refractivity contribution in [2.45, 2.75) is 18.4 Å². The Morgan fingerprint density at radius 2 is 1.90 bits per heavy atom. The van der Waals surface area contributed by atoms with Crippen LogP contribution in [0, 0.1) is 6.92 Å². The SMILES string of the molecule is COc1cc(Cl)c(C)cc1NC(=O)c1ccc(Cl)c(S(=O)(=O)NCc2ccco2)c1. The maximum atomic E-state index is 12.7. The molecule has 0 saturated heterocycles. The molecule has 0 aliphatic carbocycles. The summed E-state index contributed by atoms with van der Waals surface area (Å²) in [6, 6.07) is 10.5. The minimum Gasteiger partial charge on any atom is -0.495 e. The monoisotopic (exact) mass is 468 g/mol. The Balaban J connectivity index is 1.86. The first-order valence-corrected chi connectivity index (χ1v) is 10.9. The molecule has 2 aromatic carbocycles. The average molecular weight is 469 g/mol. The number of anilines is 1. The molecule has 0 fully saturated rings. The molecule has 0 unspecified atom stereocenters. The van der Waals surface area contributed by atoms with Gasteiger partial charge in [-0.1, -0.05) is 23.2 Å². The second-order valence-electron chi connectivity index (χ2n) is 6.30. The number of sulfonamides is 1. The maximum absolute atomic E-state index is 12.7. The molecule has 30 heavy (non-hydrogen) atoms. The third kappa shape index (κ3) is 4.96. The van der Waals surface area contributed by atoms with Gasteiger partial charge < -0.3 is 14.5 Å². The van der Waals surface area contributed by atoms with Gasteiger partial charge in [0.15, 0.2) is 0 Å². The molecule has 158 valence electrons. The third-order valence-corrected chi connectivity index (χ3v) is 6.52. The molecule has 1 aromatic heterocycles. The van der Waals surface area contributed by atoms with E-state index in [0.29, 0.717) is 22.2 Å². The van der Waals surface area contributed by atoms with Crippen LogP contribution in [-0.4, -0.2) is 21.4 Å². The van der Waals surface area contributed by atoms with Gasteiger partial charge >= 0.3 is 0 Å². The average Bonchev–Trinajstić information content (AvgIpc) is 3.23. The number of hydrogen-bond acceptors (Lipinski definition) is 5. The Kier molecular flexibility index (Phi) is 6.72. The van der Waals surface area contributed by atoms with E-state index in [2.05, 4.69) is 10.0 Å². The molecule has 3 aromatic rings. The number of ether oxygens (including phenoxy) is 1. The highest BCUT2D eigenvalue weighted by molar-refractivity contribution is 7.89. The van der Waals surface area contributed by atoms with E-state index in [1.807, 2.05) is 0 Å². The highest BCUT2D eigenvalue weighted by Gasteiger charge is 2.21. The predicted molar refractivity (Wildman–Crippen MR) is 115 cm³/mol.